The zero-order valence-corrected chi connectivity index (χ0v) is 15.8. The van der Waals surface area contributed by atoms with Gasteiger partial charge < -0.3 is 19.5 Å². The van der Waals surface area contributed by atoms with E-state index in [0.29, 0.717) is 42.0 Å². The molecule has 27 heavy (non-hydrogen) atoms. The topological polar surface area (TPSA) is 52.6 Å². The molecule has 0 saturated carbocycles. The molecule has 0 atom stereocenters. The molecule has 0 spiro atoms. The van der Waals surface area contributed by atoms with Gasteiger partial charge in [-0.15, -0.1) is 0 Å². The van der Waals surface area contributed by atoms with E-state index in [2.05, 4.69) is 10.3 Å². The minimum absolute atomic E-state index is 0.374. The maximum atomic E-state index is 6.08. The van der Waals surface area contributed by atoms with E-state index in [1.807, 2.05) is 54.6 Å². The Labute approximate surface area is 163 Å². The van der Waals surface area contributed by atoms with E-state index in [1.165, 1.54) is 0 Å². The van der Waals surface area contributed by atoms with E-state index in [-0.39, 0.29) is 0 Å². The highest BCUT2D eigenvalue weighted by atomic mass is 35.5. The number of hydrogen-bond donors (Lipinski definition) is 1. The third-order valence-electron chi connectivity index (χ3n) is 3.80. The summed E-state index contributed by atoms with van der Waals surface area (Å²) in [6, 6.07) is 18.9. The number of benzene rings is 2. The summed E-state index contributed by atoms with van der Waals surface area (Å²) in [5.41, 5.74) is 1.06. The third kappa shape index (κ3) is 5.53. The summed E-state index contributed by atoms with van der Waals surface area (Å²) in [6.07, 6.45) is 1.75. The second-order valence-electron chi connectivity index (χ2n) is 5.68. The molecule has 140 valence electrons. The highest BCUT2D eigenvalue weighted by Gasteiger charge is 2.07. The molecule has 0 radical (unpaired) electrons. The Bertz CT molecular complexity index is 859. The summed E-state index contributed by atoms with van der Waals surface area (Å²) in [5.74, 6) is 2.81. The van der Waals surface area contributed by atoms with Crippen molar-refractivity contribution >= 4 is 17.4 Å². The number of halogens is 1. The van der Waals surface area contributed by atoms with Gasteiger partial charge >= 0.3 is 0 Å². The van der Waals surface area contributed by atoms with Crippen molar-refractivity contribution in [1.82, 2.24) is 4.98 Å². The van der Waals surface area contributed by atoms with E-state index >= 15 is 0 Å². The Morgan fingerprint density at radius 2 is 1.67 bits per heavy atom. The maximum absolute atomic E-state index is 6.08. The Hall–Kier alpha value is -2.92. The molecule has 1 aromatic heterocycles. The standard InChI is InChI=1S/C21H21ClN2O3/c1-25-19-10-9-16(15-24-21-8-4-5-11-23-21)14-20(19)27-13-12-26-18-7-3-2-6-17(18)22/h2-11,14H,12-13,15H2,1H3,(H,23,24). The maximum Gasteiger partial charge on any atom is 0.161 e. The van der Waals surface area contributed by atoms with Gasteiger partial charge in [-0.25, -0.2) is 4.98 Å². The number of nitrogens with zero attached hydrogens (tertiary/aromatic N) is 1. The van der Waals surface area contributed by atoms with Gasteiger partial charge in [0.2, 0.25) is 0 Å². The van der Waals surface area contributed by atoms with Crippen LogP contribution in [0.1, 0.15) is 5.56 Å². The molecule has 2 aromatic carbocycles. The lowest BCUT2D eigenvalue weighted by Crippen LogP contribution is -2.10. The summed E-state index contributed by atoms with van der Waals surface area (Å²) in [7, 11) is 1.62. The molecular weight excluding hydrogens is 364 g/mol. The lowest BCUT2D eigenvalue weighted by Gasteiger charge is -2.14. The number of methoxy groups -OCH3 is 1. The molecule has 5 nitrogen and oxygen atoms in total. The molecule has 0 aliphatic carbocycles. The summed E-state index contributed by atoms with van der Waals surface area (Å²) >= 11 is 6.08. The average molecular weight is 385 g/mol. The van der Waals surface area contributed by atoms with Crippen LogP contribution in [0.3, 0.4) is 0 Å². The first-order valence-electron chi connectivity index (χ1n) is 8.58. The Morgan fingerprint density at radius 3 is 2.41 bits per heavy atom. The van der Waals surface area contributed by atoms with Crippen LogP contribution >= 0.6 is 11.6 Å². The van der Waals surface area contributed by atoms with Crippen LogP contribution in [0.15, 0.2) is 66.9 Å². The van der Waals surface area contributed by atoms with Gasteiger partial charge in [-0.2, -0.15) is 0 Å². The summed E-state index contributed by atoms with van der Waals surface area (Å²) < 4.78 is 16.9. The number of anilines is 1. The predicted molar refractivity (Wildman–Crippen MR) is 107 cm³/mol. The fourth-order valence-electron chi connectivity index (χ4n) is 2.47. The van der Waals surface area contributed by atoms with Crippen molar-refractivity contribution in [3.8, 4) is 17.2 Å². The Morgan fingerprint density at radius 1 is 0.889 bits per heavy atom. The number of hydrogen-bond acceptors (Lipinski definition) is 5. The normalized spacial score (nSPS) is 10.3. The van der Waals surface area contributed by atoms with Crippen LogP contribution in [0.25, 0.3) is 0 Å². The third-order valence-corrected chi connectivity index (χ3v) is 4.11. The Balaban J connectivity index is 1.56. The number of para-hydroxylation sites is 1. The molecule has 0 saturated heterocycles. The lowest BCUT2D eigenvalue weighted by atomic mass is 10.2. The first-order valence-corrected chi connectivity index (χ1v) is 8.96. The molecule has 3 rings (SSSR count). The van der Waals surface area contributed by atoms with Crippen molar-refractivity contribution in [2.24, 2.45) is 0 Å². The quantitative estimate of drug-likeness (QED) is 0.536. The number of rotatable bonds is 9. The molecule has 1 N–H and O–H groups in total. The summed E-state index contributed by atoms with van der Waals surface area (Å²) in [5, 5.41) is 3.85. The van der Waals surface area contributed by atoms with Crippen molar-refractivity contribution in [3.05, 3.63) is 77.4 Å². The highest BCUT2D eigenvalue weighted by Crippen LogP contribution is 2.28. The van der Waals surface area contributed by atoms with Crippen LogP contribution in [-0.4, -0.2) is 25.3 Å². The fourth-order valence-corrected chi connectivity index (χ4v) is 2.66. The molecule has 0 aliphatic heterocycles. The fraction of sp³-hybridized carbons (Fsp3) is 0.190. The zero-order valence-electron chi connectivity index (χ0n) is 15.0. The van der Waals surface area contributed by atoms with Crippen LogP contribution in [0.4, 0.5) is 5.82 Å². The number of nitrogens with one attached hydrogen (secondary N) is 1. The minimum Gasteiger partial charge on any atom is -0.493 e. The monoisotopic (exact) mass is 384 g/mol. The van der Waals surface area contributed by atoms with Crippen LogP contribution in [0, 0.1) is 0 Å². The van der Waals surface area contributed by atoms with Gasteiger partial charge in [0.15, 0.2) is 11.5 Å². The molecule has 0 fully saturated rings. The molecule has 0 amide bonds. The van der Waals surface area contributed by atoms with Gasteiger partial charge in [0.1, 0.15) is 24.8 Å². The van der Waals surface area contributed by atoms with Crippen molar-refractivity contribution in [1.29, 1.82) is 0 Å². The molecule has 0 bridgehead atoms. The number of aromatic nitrogens is 1. The molecule has 1 heterocycles. The summed E-state index contributed by atoms with van der Waals surface area (Å²) in [4.78, 5) is 4.25. The minimum atomic E-state index is 0.374. The van der Waals surface area contributed by atoms with Gasteiger partial charge in [-0.1, -0.05) is 35.9 Å². The van der Waals surface area contributed by atoms with E-state index in [1.54, 1.807) is 19.4 Å². The first kappa shape index (κ1) is 18.9. The van der Waals surface area contributed by atoms with Crippen LogP contribution in [-0.2, 0) is 6.54 Å². The largest absolute Gasteiger partial charge is 0.493 e. The van der Waals surface area contributed by atoms with Crippen molar-refractivity contribution in [3.63, 3.8) is 0 Å². The number of ether oxygens (including phenoxy) is 3. The van der Waals surface area contributed by atoms with E-state index < -0.39 is 0 Å². The highest BCUT2D eigenvalue weighted by molar-refractivity contribution is 6.32. The van der Waals surface area contributed by atoms with Gasteiger partial charge in [0.25, 0.3) is 0 Å². The van der Waals surface area contributed by atoms with Crippen molar-refractivity contribution in [2.45, 2.75) is 6.54 Å². The van der Waals surface area contributed by atoms with E-state index in [9.17, 15) is 0 Å². The van der Waals surface area contributed by atoms with Gasteiger partial charge in [-0.05, 0) is 42.0 Å². The number of pyridine rings is 1. The van der Waals surface area contributed by atoms with Crippen molar-refractivity contribution < 1.29 is 14.2 Å². The van der Waals surface area contributed by atoms with Gasteiger partial charge in [-0.3, -0.25) is 0 Å². The van der Waals surface area contributed by atoms with Gasteiger partial charge in [0.05, 0.1) is 12.1 Å². The van der Waals surface area contributed by atoms with Crippen molar-refractivity contribution in [2.75, 3.05) is 25.6 Å². The predicted octanol–water partition coefficient (Wildman–Crippen LogP) is 4.81. The second kappa shape index (κ2) is 9.69. The van der Waals surface area contributed by atoms with Crippen LogP contribution in [0.2, 0.25) is 5.02 Å². The lowest BCUT2D eigenvalue weighted by molar-refractivity contribution is 0.211. The second-order valence-corrected chi connectivity index (χ2v) is 6.09. The molecule has 6 heteroatoms. The van der Waals surface area contributed by atoms with E-state index in [0.717, 1.165) is 11.4 Å². The average Bonchev–Trinajstić information content (AvgIpc) is 2.72. The van der Waals surface area contributed by atoms with Crippen LogP contribution < -0.4 is 19.5 Å². The van der Waals surface area contributed by atoms with Gasteiger partial charge in [0, 0.05) is 12.7 Å². The van der Waals surface area contributed by atoms with Crippen LogP contribution in [0.5, 0.6) is 17.2 Å². The SMILES string of the molecule is COc1ccc(CNc2ccccn2)cc1OCCOc1ccccc1Cl. The Kier molecular flexibility index (Phi) is 6.77. The summed E-state index contributed by atoms with van der Waals surface area (Å²) in [6.45, 7) is 1.38. The first-order chi connectivity index (χ1) is 13.3. The molecular formula is C21H21ClN2O3. The smallest absolute Gasteiger partial charge is 0.161 e. The molecule has 3 aromatic rings. The molecule has 0 unspecified atom stereocenters. The van der Waals surface area contributed by atoms with E-state index in [4.69, 9.17) is 25.8 Å². The molecule has 0 aliphatic rings. The zero-order chi connectivity index (χ0) is 18.9.